The highest BCUT2D eigenvalue weighted by Gasteiger charge is 2.15. The number of benzene rings is 1. The second kappa shape index (κ2) is 6.79. The zero-order valence-corrected chi connectivity index (χ0v) is 12.7. The molecule has 0 amide bonds. The summed E-state index contributed by atoms with van der Waals surface area (Å²) in [4.78, 5) is 2.39. The summed E-state index contributed by atoms with van der Waals surface area (Å²) in [6, 6.07) is 9.74. The van der Waals surface area contributed by atoms with Crippen LogP contribution >= 0.6 is 0 Å². The van der Waals surface area contributed by atoms with Crippen LogP contribution in [0.5, 0.6) is 0 Å². The molecule has 0 heterocycles. The Balaban J connectivity index is 2.87. The lowest BCUT2D eigenvalue weighted by Crippen LogP contribution is -2.34. The van der Waals surface area contributed by atoms with Crippen molar-refractivity contribution >= 4 is 5.69 Å². The molecule has 1 atom stereocenters. The number of anilines is 1. The molecule has 18 heavy (non-hydrogen) atoms. The minimum absolute atomic E-state index is 0.519. The van der Waals surface area contributed by atoms with Crippen LogP contribution in [0, 0.1) is 5.92 Å². The van der Waals surface area contributed by atoms with E-state index < -0.39 is 0 Å². The molecule has 1 N–H and O–H groups in total. The Morgan fingerprint density at radius 1 is 1.06 bits per heavy atom. The normalized spacial score (nSPS) is 13.1. The van der Waals surface area contributed by atoms with E-state index in [-0.39, 0.29) is 0 Å². The average Bonchev–Trinajstić information content (AvgIpc) is 2.34. The Morgan fingerprint density at radius 3 is 2.22 bits per heavy atom. The molecule has 0 aliphatic carbocycles. The average molecular weight is 248 g/mol. The summed E-state index contributed by atoms with van der Waals surface area (Å²) in [6.45, 7) is 12.1. The molecule has 0 saturated carbocycles. The lowest BCUT2D eigenvalue weighted by Gasteiger charge is -2.32. The van der Waals surface area contributed by atoms with Gasteiger partial charge in [0.1, 0.15) is 0 Å². The van der Waals surface area contributed by atoms with Gasteiger partial charge in [-0.3, -0.25) is 0 Å². The van der Waals surface area contributed by atoms with Gasteiger partial charge in [-0.2, -0.15) is 0 Å². The summed E-state index contributed by atoms with van der Waals surface area (Å²) < 4.78 is 0. The maximum Gasteiger partial charge on any atom is 0.0411 e. The van der Waals surface area contributed by atoms with E-state index in [2.05, 4.69) is 76.1 Å². The molecule has 0 bridgehead atoms. The number of para-hydroxylation sites is 1. The molecular weight excluding hydrogens is 220 g/mol. The number of nitrogens with zero attached hydrogens (tertiary/aromatic N) is 1. The van der Waals surface area contributed by atoms with Crippen molar-refractivity contribution < 1.29 is 0 Å². The van der Waals surface area contributed by atoms with Crippen LogP contribution < -0.4 is 10.2 Å². The van der Waals surface area contributed by atoms with Gasteiger partial charge >= 0.3 is 0 Å². The number of hydrogen-bond donors (Lipinski definition) is 1. The van der Waals surface area contributed by atoms with Gasteiger partial charge in [-0.05, 0) is 24.5 Å². The van der Waals surface area contributed by atoms with E-state index in [1.807, 2.05) is 0 Å². The fourth-order valence-corrected chi connectivity index (χ4v) is 1.99. The quantitative estimate of drug-likeness (QED) is 0.826. The van der Waals surface area contributed by atoms with Crippen LogP contribution in [0.15, 0.2) is 24.3 Å². The lowest BCUT2D eigenvalue weighted by molar-refractivity contribution is 0.503. The highest BCUT2D eigenvalue weighted by Crippen LogP contribution is 2.23. The highest BCUT2D eigenvalue weighted by atomic mass is 15.1. The smallest absolute Gasteiger partial charge is 0.0411 e. The van der Waals surface area contributed by atoms with E-state index in [9.17, 15) is 0 Å². The molecule has 0 saturated heterocycles. The maximum absolute atomic E-state index is 3.50. The monoisotopic (exact) mass is 248 g/mol. The van der Waals surface area contributed by atoms with Crippen LogP contribution in [-0.4, -0.2) is 19.1 Å². The topological polar surface area (TPSA) is 15.3 Å². The van der Waals surface area contributed by atoms with Crippen molar-refractivity contribution in [2.75, 3.05) is 11.9 Å². The third-order valence-electron chi connectivity index (χ3n) is 3.65. The van der Waals surface area contributed by atoms with Gasteiger partial charge in [-0.1, -0.05) is 45.9 Å². The fourth-order valence-electron chi connectivity index (χ4n) is 1.99. The first-order valence-electron chi connectivity index (χ1n) is 6.97. The third kappa shape index (κ3) is 4.02. The molecule has 2 nitrogen and oxygen atoms in total. The van der Waals surface area contributed by atoms with E-state index >= 15 is 0 Å². The van der Waals surface area contributed by atoms with Gasteiger partial charge < -0.3 is 10.2 Å². The first kappa shape index (κ1) is 15.0. The van der Waals surface area contributed by atoms with Crippen molar-refractivity contribution in [3.05, 3.63) is 29.8 Å². The summed E-state index contributed by atoms with van der Waals surface area (Å²) >= 11 is 0. The SMILES string of the molecule is CC(C)NCc1ccccc1N(C)C(C)C(C)C. The van der Waals surface area contributed by atoms with Crippen molar-refractivity contribution in [3.8, 4) is 0 Å². The number of nitrogens with one attached hydrogen (secondary N) is 1. The summed E-state index contributed by atoms with van der Waals surface area (Å²) in [5, 5.41) is 3.50. The molecule has 0 spiro atoms. The van der Waals surface area contributed by atoms with Gasteiger partial charge in [0.05, 0.1) is 0 Å². The van der Waals surface area contributed by atoms with Crippen LogP contribution in [0.4, 0.5) is 5.69 Å². The Bertz CT molecular complexity index is 358. The van der Waals surface area contributed by atoms with Crippen molar-refractivity contribution in [3.63, 3.8) is 0 Å². The molecule has 0 aliphatic heterocycles. The lowest BCUT2D eigenvalue weighted by atomic mass is 10.0. The van der Waals surface area contributed by atoms with Gasteiger partial charge in [-0.25, -0.2) is 0 Å². The minimum atomic E-state index is 0.519. The molecule has 0 aliphatic rings. The molecular formula is C16H28N2. The second-order valence-electron chi connectivity index (χ2n) is 5.76. The van der Waals surface area contributed by atoms with Crippen LogP contribution in [0.25, 0.3) is 0 Å². The standard InChI is InChI=1S/C16H28N2/c1-12(2)14(5)18(6)16-10-8-7-9-15(16)11-17-13(3)4/h7-10,12-14,17H,11H2,1-6H3. The van der Waals surface area contributed by atoms with Gasteiger partial charge in [-0.15, -0.1) is 0 Å². The molecule has 1 aromatic rings. The Kier molecular flexibility index (Phi) is 5.67. The van der Waals surface area contributed by atoms with E-state index in [1.54, 1.807) is 0 Å². The third-order valence-corrected chi connectivity index (χ3v) is 3.65. The molecule has 1 rings (SSSR count). The van der Waals surface area contributed by atoms with Crippen molar-refractivity contribution in [2.45, 2.75) is 53.2 Å². The number of hydrogen-bond acceptors (Lipinski definition) is 2. The van der Waals surface area contributed by atoms with Crippen LogP contribution in [0.1, 0.15) is 40.2 Å². The van der Waals surface area contributed by atoms with Gasteiger partial charge in [0.2, 0.25) is 0 Å². The Morgan fingerprint density at radius 2 is 1.67 bits per heavy atom. The van der Waals surface area contributed by atoms with Crippen LogP contribution in [0.3, 0.4) is 0 Å². The summed E-state index contributed by atoms with van der Waals surface area (Å²) in [6.07, 6.45) is 0. The largest absolute Gasteiger partial charge is 0.371 e. The maximum atomic E-state index is 3.50. The highest BCUT2D eigenvalue weighted by molar-refractivity contribution is 5.53. The molecule has 102 valence electrons. The van der Waals surface area contributed by atoms with E-state index in [0.29, 0.717) is 18.0 Å². The number of rotatable bonds is 6. The minimum Gasteiger partial charge on any atom is -0.371 e. The first-order chi connectivity index (χ1) is 8.43. The predicted molar refractivity (Wildman–Crippen MR) is 81.1 cm³/mol. The first-order valence-corrected chi connectivity index (χ1v) is 6.97. The fraction of sp³-hybridized carbons (Fsp3) is 0.625. The van der Waals surface area contributed by atoms with Gasteiger partial charge in [0, 0.05) is 31.4 Å². The predicted octanol–water partition coefficient (Wildman–Crippen LogP) is 3.67. The molecule has 0 radical (unpaired) electrons. The molecule has 0 aromatic heterocycles. The second-order valence-corrected chi connectivity index (χ2v) is 5.76. The van der Waals surface area contributed by atoms with Crippen molar-refractivity contribution in [1.29, 1.82) is 0 Å². The zero-order valence-electron chi connectivity index (χ0n) is 12.7. The summed E-state index contributed by atoms with van der Waals surface area (Å²) in [7, 11) is 2.19. The van der Waals surface area contributed by atoms with Crippen molar-refractivity contribution in [1.82, 2.24) is 5.32 Å². The molecule has 2 heteroatoms. The Hall–Kier alpha value is -1.02. The van der Waals surface area contributed by atoms with Gasteiger partial charge in [0.25, 0.3) is 0 Å². The van der Waals surface area contributed by atoms with E-state index in [0.717, 1.165) is 6.54 Å². The molecule has 1 unspecified atom stereocenters. The Labute approximate surface area is 112 Å². The molecule has 1 aromatic carbocycles. The van der Waals surface area contributed by atoms with E-state index in [1.165, 1.54) is 11.3 Å². The summed E-state index contributed by atoms with van der Waals surface area (Å²) in [5.41, 5.74) is 2.72. The van der Waals surface area contributed by atoms with Crippen molar-refractivity contribution in [2.24, 2.45) is 5.92 Å². The summed E-state index contributed by atoms with van der Waals surface area (Å²) in [5.74, 6) is 0.654. The van der Waals surface area contributed by atoms with Crippen LogP contribution in [-0.2, 0) is 6.54 Å². The van der Waals surface area contributed by atoms with Crippen LogP contribution in [0.2, 0.25) is 0 Å². The van der Waals surface area contributed by atoms with E-state index in [4.69, 9.17) is 0 Å². The zero-order chi connectivity index (χ0) is 13.7. The van der Waals surface area contributed by atoms with Gasteiger partial charge in [0.15, 0.2) is 0 Å². The molecule has 0 fully saturated rings.